The second-order valence-corrected chi connectivity index (χ2v) is 4.97. The number of amides is 2. The van der Waals surface area contributed by atoms with Crippen molar-refractivity contribution in [1.29, 1.82) is 0 Å². The zero-order chi connectivity index (χ0) is 14.2. The minimum Gasteiger partial charge on any atom is -0.481 e. The van der Waals surface area contributed by atoms with E-state index >= 15 is 0 Å². The van der Waals surface area contributed by atoms with Crippen LogP contribution in [0.25, 0.3) is 0 Å². The number of halogens is 3. The lowest BCUT2D eigenvalue weighted by Gasteiger charge is -2.36. The molecule has 1 saturated heterocycles. The Kier molecular flexibility index (Phi) is 3.70. The number of hydrogen-bond donors (Lipinski definition) is 2. The average Bonchev–Trinajstić information content (AvgIpc) is 2.23. The van der Waals surface area contributed by atoms with Crippen molar-refractivity contribution in [3.05, 3.63) is 28.2 Å². The van der Waals surface area contributed by atoms with E-state index in [0.717, 1.165) is 6.07 Å². The van der Waals surface area contributed by atoms with Crippen molar-refractivity contribution in [3.8, 4) is 0 Å². The largest absolute Gasteiger partial charge is 0.481 e. The Balaban J connectivity index is 2.01. The maximum atomic E-state index is 13.4. The Morgan fingerprint density at radius 2 is 1.95 bits per heavy atom. The maximum absolute atomic E-state index is 13.4. The van der Waals surface area contributed by atoms with Crippen LogP contribution in [0.1, 0.15) is 0 Å². The summed E-state index contributed by atoms with van der Waals surface area (Å²) in [7, 11) is 0. The Morgan fingerprint density at radius 3 is 2.53 bits per heavy atom. The van der Waals surface area contributed by atoms with E-state index in [4.69, 9.17) is 5.11 Å². The van der Waals surface area contributed by atoms with E-state index in [1.165, 1.54) is 4.90 Å². The minimum absolute atomic E-state index is 0.0243. The van der Waals surface area contributed by atoms with Crippen LogP contribution >= 0.6 is 15.9 Å². The SMILES string of the molecule is O=C(O)C1CN(C(=O)Nc2cc(Br)c(F)cc2F)C1. The standard InChI is InChI=1S/C11H9BrF2N2O3/c12-6-1-9(8(14)2-7(6)13)15-11(19)16-3-5(4-16)10(17)18/h1-2,5H,3-4H2,(H,15,19)(H,17,18). The molecule has 1 aromatic carbocycles. The van der Waals surface area contributed by atoms with Crippen LogP contribution in [0.15, 0.2) is 16.6 Å². The van der Waals surface area contributed by atoms with Crippen LogP contribution in [0.4, 0.5) is 19.3 Å². The van der Waals surface area contributed by atoms with Gasteiger partial charge in [0, 0.05) is 19.2 Å². The number of nitrogens with one attached hydrogen (secondary N) is 1. The van der Waals surface area contributed by atoms with Crippen molar-refractivity contribution < 1.29 is 23.5 Å². The summed E-state index contributed by atoms with van der Waals surface area (Å²) < 4.78 is 26.4. The normalized spacial score (nSPS) is 15.0. The molecule has 1 heterocycles. The van der Waals surface area contributed by atoms with Crippen molar-refractivity contribution in [3.63, 3.8) is 0 Å². The maximum Gasteiger partial charge on any atom is 0.321 e. The molecule has 1 aliphatic rings. The van der Waals surface area contributed by atoms with Gasteiger partial charge in [-0.2, -0.15) is 0 Å². The van der Waals surface area contributed by atoms with E-state index < -0.39 is 29.6 Å². The van der Waals surface area contributed by atoms with Gasteiger partial charge in [-0.15, -0.1) is 0 Å². The van der Waals surface area contributed by atoms with E-state index in [9.17, 15) is 18.4 Å². The van der Waals surface area contributed by atoms with Gasteiger partial charge in [0.05, 0.1) is 16.1 Å². The van der Waals surface area contributed by atoms with Gasteiger partial charge in [0.2, 0.25) is 0 Å². The monoisotopic (exact) mass is 334 g/mol. The van der Waals surface area contributed by atoms with Crippen LogP contribution in [0.3, 0.4) is 0 Å². The smallest absolute Gasteiger partial charge is 0.321 e. The Labute approximate surface area is 115 Å². The van der Waals surface area contributed by atoms with Crippen molar-refractivity contribution in [1.82, 2.24) is 4.90 Å². The second-order valence-electron chi connectivity index (χ2n) is 4.12. The highest BCUT2D eigenvalue weighted by Crippen LogP contribution is 2.25. The van der Waals surface area contributed by atoms with Crippen molar-refractivity contribution >= 4 is 33.6 Å². The highest BCUT2D eigenvalue weighted by atomic mass is 79.9. The van der Waals surface area contributed by atoms with Crippen LogP contribution in [-0.2, 0) is 4.79 Å². The third-order valence-corrected chi connectivity index (χ3v) is 3.38. The topological polar surface area (TPSA) is 69.6 Å². The molecular weight excluding hydrogens is 326 g/mol. The molecule has 0 bridgehead atoms. The molecular formula is C11H9BrF2N2O3. The van der Waals surface area contributed by atoms with Crippen LogP contribution < -0.4 is 5.32 Å². The van der Waals surface area contributed by atoms with Gasteiger partial charge in [-0.1, -0.05) is 0 Å². The van der Waals surface area contributed by atoms with E-state index in [2.05, 4.69) is 21.2 Å². The molecule has 0 unspecified atom stereocenters. The van der Waals surface area contributed by atoms with Crippen molar-refractivity contribution in [2.24, 2.45) is 5.92 Å². The molecule has 0 spiro atoms. The molecule has 1 aliphatic heterocycles. The van der Waals surface area contributed by atoms with E-state index in [1.807, 2.05) is 0 Å². The van der Waals surface area contributed by atoms with Gasteiger partial charge in [-0.25, -0.2) is 13.6 Å². The summed E-state index contributed by atoms with van der Waals surface area (Å²) in [5.74, 6) is -3.23. The summed E-state index contributed by atoms with van der Waals surface area (Å²) in [6, 6.07) is 1.14. The van der Waals surface area contributed by atoms with Crippen LogP contribution in [-0.4, -0.2) is 35.1 Å². The van der Waals surface area contributed by atoms with Gasteiger partial charge in [-0.05, 0) is 22.0 Å². The molecule has 2 rings (SSSR count). The summed E-state index contributed by atoms with van der Waals surface area (Å²) in [4.78, 5) is 23.5. The molecule has 19 heavy (non-hydrogen) atoms. The van der Waals surface area contributed by atoms with Gasteiger partial charge >= 0.3 is 12.0 Å². The molecule has 1 fully saturated rings. The number of anilines is 1. The number of carbonyl (C=O) groups is 2. The fourth-order valence-corrected chi connectivity index (χ4v) is 1.96. The number of carbonyl (C=O) groups excluding carboxylic acids is 1. The minimum atomic E-state index is -0.972. The number of hydrogen-bond acceptors (Lipinski definition) is 2. The van der Waals surface area contributed by atoms with E-state index in [0.29, 0.717) is 6.07 Å². The fraction of sp³-hybridized carbons (Fsp3) is 0.273. The lowest BCUT2D eigenvalue weighted by Crippen LogP contribution is -2.54. The predicted octanol–water partition coefficient (Wildman–Crippen LogP) is 2.28. The molecule has 8 heteroatoms. The van der Waals surface area contributed by atoms with Crippen molar-refractivity contribution in [2.75, 3.05) is 18.4 Å². The summed E-state index contributed by atoms with van der Waals surface area (Å²) in [5.41, 5.74) is -0.169. The first kappa shape index (κ1) is 13.7. The summed E-state index contributed by atoms with van der Waals surface area (Å²) >= 11 is 2.88. The molecule has 0 aliphatic carbocycles. The summed E-state index contributed by atoms with van der Waals surface area (Å²) in [5, 5.41) is 10.9. The first-order valence-corrected chi connectivity index (χ1v) is 6.11. The number of aliphatic carboxylic acids is 1. The number of likely N-dealkylation sites (tertiary alicyclic amines) is 1. The van der Waals surface area contributed by atoms with Gasteiger partial charge in [0.1, 0.15) is 11.6 Å². The first-order valence-electron chi connectivity index (χ1n) is 5.31. The van der Waals surface area contributed by atoms with Gasteiger partial charge in [0.25, 0.3) is 0 Å². The molecule has 102 valence electrons. The summed E-state index contributed by atoms with van der Waals surface area (Å²) in [6.07, 6.45) is 0. The molecule has 0 atom stereocenters. The number of carboxylic acids is 1. The lowest BCUT2D eigenvalue weighted by atomic mass is 10.0. The molecule has 1 aromatic rings. The van der Waals surface area contributed by atoms with E-state index in [-0.39, 0.29) is 23.2 Å². The molecule has 2 amide bonds. The molecule has 0 saturated carbocycles. The number of benzene rings is 1. The van der Waals surface area contributed by atoms with E-state index in [1.54, 1.807) is 0 Å². The lowest BCUT2D eigenvalue weighted by molar-refractivity contribution is -0.145. The van der Waals surface area contributed by atoms with Crippen LogP contribution in [0, 0.1) is 17.6 Å². The van der Waals surface area contributed by atoms with Gasteiger partial charge in [-0.3, -0.25) is 4.79 Å². The van der Waals surface area contributed by atoms with Gasteiger partial charge < -0.3 is 15.3 Å². The highest BCUT2D eigenvalue weighted by Gasteiger charge is 2.35. The number of nitrogens with zero attached hydrogens (tertiary/aromatic N) is 1. The molecule has 5 nitrogen and oxygen atoms in total. The quantitative estimate of drug-likeness (QED) is 0.815. The molecule has 2 N–H and O–H groups in total. The Bertz CT molecular complexity index is 547. The number of carboxylic acid groups (broad SMARTS) is 1. The zero-order valence-electron chi connectivity index (χ0n) is 9.49. The second kappa shape index (κ2) is 5.12. The van der Waals surface area contributed by atoms with Crippen LogP contribution in [0.5, 0.6) is 0 Å². The highest BCUT2D eigenvalue weighted by molar-refractivity contribution is 9.10. The Hall–Kier alpha value is -1.70. The third kappa shape index (κ3) is 2.83. The number of urea groups is 1. The number of rotatable bonds is 2. The summed E-state index contributed by atoms with van der Waals surface area (Å²) in [6.45, 7) is 0.149. The predicted molar refractivity (Wildman–Crippen MR) is 65.8 cm³/mol. The average molecular weight is 335 g/mol. The molecule has 0 aromatic heterocycles. The van der Waals surface area contributed by atoms with Gasteiger partial charge in [0.15, 0.2) is 0 Å². The molecule has 0 radical (unpaired) electrons. The first-order chi connectivity index (χ1) is 8.88. The van der Waals surface area contributed by atoms with Crippen molar-refractivity contribution in [2.45, 2.75) is 0 Å². The fourth-order valence-electron chi connectivity index (χ4n) is 1.61. The Morgan fingerprint density at radius 1 is 1.32 bits per heavy atom. The van der Waals surface area contributed by atoms with Crippen LogP contribution in [0.2, 0.25) is 0 Å². The third-order valence-electron chi connectivity index (χ3n) is 2.77. The zero-order valence-corrected chi connectivity index (χ0v) is 11.1.